The van der Waals surface area contributed by atoms with E-state index in [1.165, 1.54) is 0 Å². The standard InChI is InChI=1S/C13H10ClN3O2/c14-10-4-8(3-9(5-10)6-15)1-2-11-12(18)16-7-17-13(11)19/h3-5,7H,1-2H2,(H2,16,17,18,19). The largest absolute Gasteiger partial charge is 0.493 e. The van der Waals surface area contributed by atoms with E-state index in [4.69, 9.17) is 16.9 Å². The van der Waals surface area contributed by atoms with Crippen molar-refractivity contribution in [2.24, 2.45) is 0 Å². The molecule has 19 heavy (non-hydrogen) atoms. The van der Waals surface area contributed by atoms with Crippen molar-refractivity contribution in [1.29, 1.82) is 5.26 Å². The number of benzene rings is 1. The highest BCUT2D eigenvalue weighted by atomic mass is 35.5. The third-order valence-electron chi connectivity index (χ3n) is 2.68. The molecule has 2 aromatic rings. The highest BCUT2D eigenvalue weighted by Crippen LogP contribution is 2.17. The van der Waals surface area contributed by atoms with Gasteiger partial charge in [-0.2, -0.15) is 5.26 Å². The summed E-state index contributed by atoms with van der Waals surface area (Å²) in [5, 5.41) is 18.8. The Labute approximate surface area is 114 Å². The van der Waals surface area contributed by atoms with Gasteiger partial charge < -0.3 is 10.1 Å². The number of rotatable bonds is 3. The van der Waals surface area contributed by atoms with Gasteiger partial charge in [-0.15, -0.1) is 0 Å². The van der Waals surface area contributed by atoms with Crippen LogP contribution in [0.15, 0.2) is 29.3 Å². The van der Waals surface area contributed by atoms with Crippen LogP contribution in [-0.2, 0) is 12.8 Å². The van der Waals surface area contributed by atoms with E-state index in [0.717, 1.165) is 11.9 Å². The van der Waals surface area contributed by atoms with Crippen LogP contribution in [0.3, 0.4) is 0 Å². The second-order valence-electron chi connectivity index (χ2n) is 3.99. The number of aromatic amines is 1. The molecule has 0 saturated heterocycles. The lowest BCUT2D eigenvalue weighted by Crippen LogP contribution is -2.13. The molecule has 1 heterocycles. The van der Waals surface area contributed by atoms with Gasteiger partial charge in [0.25, 0.3) is 5.56 Å². The van der Waals surface area contributed by atoms with E-state index in [1.807, 2.05) is 6.07 Å². The predicted molar refractivity (Wildman–Crippen MR) is 70.1 cm³/mol. The molecule has 2 N–H and O–H groups in total. The van der Waals surface area contributed by atoms with Gasteiger partial charge >= 0.3 is 0 Å². The second kappa shape index (κ2) is 5.55. The lowest BCUT2D eigenvalue weighted by Gasteiger charge is -2.04. The van der Waals surface area contributed by atoms with Crippen molar-refractivity contribution in [1.82, 2.24) is 9.97 Å². The summed E-state index contributed by atoms with van der Waals surface area (Å²) in [4.78, 5) is 17.5. The number of aryl methyl sites for hydroxylation is 1. The third-order valence-corrected chi connectivity index (χ3v) is 2.90. The van der Waals surface area contributed by atoms with Crippen molar-refractivity contribution in [2.45, 2.75) is 12.8 Å². The zero-order chi connectivity index (χ0) is 13.8. The molecule has 0 aliphatic rings. The molecule has 1 aromatic heterocycles. The predicted octanol–water partition coefficient (Wildman–Crippen LogP) is 1.79. The number of H-pyrrole nitrogens is 1. The van der Waals surface area contributed by atoms with E-state index in [1.54, 1.807) is 18.2 Å². The number of nitriles is 1. The molecule has 0 saturated carbocycles. The van der Waals surface area contributed by atoms with Crippen molar-refractivity contribution < 1.29 is 5.11 Å². The average molecular weight is 276 g/mol. The minimum atomic E-state index is -0.366. The Morgan fingerprint density at radius 1 is 1.37 bits per heavy atom. The van der Waals surface area contributed by atoms with Crippen LogP contribution < -0.4 is 5.56 Å². The lowest BCUT2D eigenvalue weighted by atomic mass is 10.0. The van der Waals surface area contributed by atoms with Gasteiger partial charge in [0.05, 0.1) is 23.5 Å². The molecule has 5 nitrogen and oxygen atoms in total. The Bertz CT molecular complexity index is 704. The molecule has 0 atom stereocenters. The Morgan fingerprint density at radius 3 is 2.84 bits per heavy atom. The molecule has 0 aliphatic carbocycles. The first-order valence-corrected chi connectivity index (χ1v) is 5.93. The highest BCUT2D eigenvalue weighted by molar-refractivity contribution is 6.30. The molecule has 0 radical (unpaired) electrons. The van der Waals surface area contributed by atoms with Crippen LogP contribution in [0.2, 0.25) is 5.02 Å². The molecule has 0 spiro atoms. The molecule has 6 heteroatoms. The quantitative estimate of drug-likeness (QED) is 0.893. The number of aromatic hydroxyl groups is 1. The molecule has 96 valence electrons. The lowest BCUT2D eigenvalue weighted by molar-refractivity contribution is 0.442. The first-order chi connectivity index (χ1) is 9.10. The third kappa shape index (κ3) is 3.12. The van der Waals surface area contributed by atoms with Crippen LogP contribution in [0.4, 0.5) is 0 Å². The Kier molecular flexibility index (Phi) is 3.83. The number of hydrogen-bond donors (Lipinski definition) is 2. The van der Waals surface area contributed by atoms with Crippen LogP contribution in [0.5, 0.6) is 5.88 Å². The van der Waals surface area contributed by atoms with Crippen molar-refractivity contribution in [2.75, 3.05) is 0 Å². The van der Waals surface area contributed by atoms with Gasteiger partial charge in [-0.25, -0.2) is 4.98 Å². The number of hydrogen-bond acceptors (Lipinski definition) is 4. The van der Waals surface area contributed by atoms with Gasteiger partial charge in [0.15, 0.2) is 0 Å². The smallest absolute Gasteiger partial charge is 0.257 e. The maximum atomic E-state index is 11.5. The fourth-order valence-corrected chi connectivity index (χ4v) is 2.03. The monoisotopic (exact) mass is 275 g/mol. The number of aromatic nitrogens is 2. The SMILES string of the molecule is N#Cc1cc(Cl)cc(CCc2c(O)nc[nH]c2=O)c1. The topological polar surface area (TPSA) is 89.8 Å². The molecule has 0 unspecified atom stereocenters. The maximum Gasteiger partial charge on any atom is 0.257 e. The first-order valence-electron chi connectivity index (χ1n) is 5.55. The van der Waals surface area contributed by atoms with Crippen LogP contribution in [0, 0.1) is 11.3 Å². The summed E-state index contributed by atoms with van der Waals surface area (Å²) in [5.74, 6) is -0.272. The summed E-state index contributed by atoms with van der Waals surface area (Å²) in [6.07, 6.45) is 1.95. The van der Waals surface area contributed by atoms with Crippen LogP contribution in [-0.4, -0.2) is 15.1 Å². The second-order valence-corrected chi connectivity index (χ2v) is 4.43. The van der Waals surface area contributed by atoms with Crippen molar-refractivity contribution in [3.8, 4) is 11.9 Å². The zero-order valence-electron chi connectivity index (χ0n) is 9.85. The summed E-state index contributed by atoms with van der Waals surface area (Å²) >= 11 is 5.89. The fourth-order valence-electron chi connectivity index (χ4n) is 1.77. The first kappa shape index (κ1) is 13.1. The van der Waals surface area contributed by atoms with Gasteiger partial charge in [-0.1, -0.05) is 11.6 Å². The molecule has 0 fully saturated rings. The summed E-state index contributed by atoms with van der Waals surface area (Å²) in [6.45, 7) is 0. The van der Waals surface area contributed by atoms with Gasteiger partial charge in [-0.3, -0.25) is 4.79 Å². The number of halogens is 1. The average Bonchev–Trinajstić information content (AvgIpc) is 2.37. The van der Waals surface area contributed by atoms with Crippen LogP contribution >= 0.6 is 11.6 Å². The van der Waals surface area contributed by atoms with E-state index in [-0.39, 0.29) is 17.0 Å². The molecular weight excluding hydrogens is 266 g/mol. The highest BCUT2D eigenvalue weighted by Gasteiger charge is 2.08. The van der Waals surface area contributed by atoms with Gasteiger partial charge in [0.2, 0.25) is 5.88 Å². The molecule has 0 amide bonds. The van der Waals surface area contributed by atoms with Crippen molar-refractivity contribution in [3.63, 3.8) is 0 Å². The molecule has 1 aromatic carbocycles. The fraction of sp³-hybridized carbons (Fsp3) is 0.154. The van der Waals surface area contributed by atoms with E-state index < -0.39 is 0 Å². The van der Waals surface area contributed by atoms with E-state index >= 15 is 0 Å². The van der Waals surface area contributed by atoms with Gasteiger partial charge in [0, 0.05) is 5.02 Å². The number of nitrogens with zero attached hydrogens (tertiary/aromatic N) is 2. The minimum Gasteiger partial charge on any atom is -0.493 e. The minimum absolute atomic E-state index is 0.223. The van der Waals surface area contributed by atoms with E-state index in [0.29, 0.717) is 23.4 Å². The zero-order valence-corrected chi connectivity index (χ0v) is 10.6. The van der Waals surface area contributed by atoms with E-state index in [9.17, 15) is 9.90 Å². The number of nitrogens with one attached hydrogen (secondary N) is 1. The summed E-state index contributed by atoms with van der Waals surface area (Å²) in [6, 6.07) is 7.01. The molecule has 0 bridgehead atoms. The van der Waals surface area contributed by atoms with Crippen LogP contribution in [0.1, 0.15) is 16.7 Å². The summed E-state index contributed by atoms with van der Waals surface area (Å²) in [5.41, 5.74) is 1.15. The maximum absolute atomic E-state index is 11.5. The Hall–Kier alpha value is -2.32. The van der Waals surface area contributed by atoms with Crippen molar-refractivity contribution >= 4 is 11.6 Å². The summed E-state index contributed by atoms with van der Waals surface area (Å²) < 4.78 is 0. The molecule has 2 rings (SSSR count). The molecular formula is C13H10ClN3O2. The molecule has 0 aliphatic heterocycles. The van der Waals surface area contributed by atoms with E-state index in [2.05, 4.69) is 9.97 Å². The normalized spacial score (nSPS) is 10.1. The van der Waals surface area contributed by atoms with Crippen LogP contribution in [0.25, 0.3) is 0 Å². The Balaban J connectivity index is 2.22. The summed E-state index contributed by atoms with van der Waals surface area (Å²) in [7, 11) is 0. The Morgan fingerprint density at radius 2 is 2.16 bits per heavy atom. The van der Waals surface area contributed by atoms with Crippen molar-refractivity contribution in [3.05, 3.63) is 56.6 Å². The van der Waals surface area contributed by atoms with Gasteiger partial charge in [-0.05, 0) is 36.6 Å². The van der Waals surface area contributed by atoms with Gasteiger partial charge in [0.1, 0.15) is 0 Å².